The van der Waals surface area contributed by atoms with Crippen LogP contribution >= 0.6 is 0 Å². The Labute approximate surface area is 101 Å². The van der Waals surface area contributed by atoms with Gasteiger partial charge in [0, 0.05) is 30.2 Å². The van der Waals surface area contributed by atoms with E-state index in [0.29, 0.717) is 6.54 Å². The van der Waals surface area contributed by atoms with Crippen LogP contribution in [0.1, 0.15) is 48.0 Å². The molecule has 96 valence electrons. The summed E-state index contributed by atoms with van der Waals surface area (Å²) in [5, 5.41) is 0. The quantitative estimate of drug-likeness (QED) is 0.753. The molecule has 0 aromatic rings. The summed E-state index contributed by atoms with van der Waals surface area (Å²) in [5.74, 6) is 0. The molecule has 1 saturated heterocycles. The van der Waals surface area contributed by atoms with Gasteiger partial charge in [-0.2, -0.15) is 0 Å². The van der Waals surface area contributed by atoms with Gasteiger partial charge in [-0.1, -0.05) is 13.8 Å². The highest BCUT2D eigenvalue weighted by Gasteiger charge is 2.54. The van der Waals surface area contributed by atoms with Crippen LogP contribution in [-0.4, -0.2) is 35.1 Å². The van der Waals surface area contributed by atoms with E-state index in [1.54, 1.807) is 0 Å². The molecule has 16 heavy (non-hydrogen) atoms. The fourth-order valence-electron chi connectivity index (χ4n) is 3.17. The minimum atomic E-state index is 0.0769. The third-order valence-corrected chi connectivity index (χ3v) is 4.98. The Morgan fingerprint density at radius 3 is 2.06 bits per heavy atom. The summed E-state index contributed by atoms with van der Waals surface area (Å²) in [6, 6.07) is 0.242. The Bertz CT molecular complexity index is 256. The summed E-state index contributed by atoms with van der Waals surface area (Å²) in [6.07, 6.45) is 1.03. The van der Waals surface area contributed by atoms with Gasteiger partial charge in [-0.3, -0.25) is 4.90 Å². The van der Waals surface area contributed by atoms with Crippen LogP contribution in [0.2, 0.25) is 0 Å². The first kappa shape index (κ1) is 13.9. The minimum absolute atomic E-state index is 0.0769. The SMILES string of the molecule is CC1(C)CC(N)C(C)(C)C(C)(C)N1CCN. The molecule has 1 aliphatic rings. The zero-order valence-electron chi connectivity index (χ0n) is 11.8. The topological polar surface area (TPSA) is 55.3 Å². The molecular formula is C13H29N3. The van der Waals surface area contributed by atoms with E-state index in [1.165, 1.54) is 0 Å². The highest BCUT2D eigenvalue weighted by molar-refractivity contribution is 5.10. The van der Waals surface area contributed by atoms with Crippen LogP contribution in [0.5, 0.6) is 0 Å². The number of piperidine rings is 1. The molecule has 1 atom stereocenters. The summed E-state index contributed by atoms with van der Waals surface area (Å²) < 4.78 is 0. The fraction of sp³-hybridized carbons (Fsp3) is 1.00. The van der Waals surface area contributed by atoms with Crippen molar-refractivity contribution in [1.82, 2.24) is 4.90 Å². The molecule has 1 heterocycles. The zero-order valence-corrected chi connectivity index (χ0v) is 11.8. The van der Waals surface area contributed by atoms with Crippen molar-refractivity contribution in [2.45, 2.75) is 65.1 Å². The molecule has 0 aliphatic carbocycles. The van der Waals surface area contributed by atoms with Crippen molar-refractivity contribution in [3.05, 3.63) is 0 Å². The molecule has 0 bridgehead atoms. The molecule has 0 spiro atoms. The lowest BCUT2D eigenvalue weighted by molar-refractivity contribution is -0.112. The molecular weight excluding hydrogens is 198 g/mol. The Morgan fingerprint density at radius 1 is 1.12 bits per heavy atom. The van der Waals surface area contributed by atoms with Crippen LogP contribution in [-0.2, 0) is 0 Å². The van der Waals surface area contributed by atoms with E-state index in [0.717, 1.165) is 13.0 Å². The van der Waals surface area contributed by atoms with Gasteiger partial charge in [0.25, 0.3) is 0 Å². The summed E-state index contributed by atoms with van der Waals surface area (Å²) in [5.41, 5.74) is 12.4. The van der Waals surface area contributed by atoms with Crippen LogP contribution in [0.3, 0.4) is 0 Å². The summed E-state index contributed by atoms with van der Waals surface area (Å²) in [6.45, 7) is 15.3. The summed E-state index contributed by atoms with van der Waals surface area (Å²) in [4.78, 5) is 2.53. The van der Waals surface area contributed by atoms with E-state index in [9.17, 15) is 0 Å². The second-order valence-corrected chi connectivity index (χ2v) is 6.84. The minimum Gasteiger partial charge on any atom is -0.329 e. The average Bonchev–Trinajstić information content (AvgIpc) is 2.10. The summed E-state index contributed by atoms with van der Waals surface area (Å²) in [7, 11) is 0. The molecule has 1 rings (SSSR count). The molecule has 1 fully saturated rings. The lowest BCUT2D eigenvalue weighted by atomic mass is 9.61. The number of likely N-dealkylation sites (tertiary alicyclic amines) is 1. The number of nitrogens with two attached hydrogens (primary N) is 2. The van der Waals surface area contributed by atoms with Crippen LogP contribution < -0.4 is 11.5 Å². The second-order valence-electron chi connectivity index (χ2n) is 6.84. The third-order valence-electron chi connectivity index (χ3n) is 4.98. The normalized spacial score (nSPS) is 32.6. The van der Waals surface area contributed by atoms with Crippen molar-refractivity contribution in [1.29, 1.82) is 0 Å². The van der Waals surface area contributed by atoms with E-state index in [2.05, 4.69) is 46.4 Å². The number of hydrogen-bond acceptors (Lipinski definition) is 3. The van der Waals surface area contributed by atoms with Crippen molar-refractivity contribution in [3.63, 3.8) is 0 Å². The maximum absolute atomic E-state index is 6.36. The largest absolute Gasteiger partial charge is 0.329 e. The Morgan fingerprint density at radius 2 is 1.62 bits per heavy atom. The highest BCUT2D eigenvalue weighted by Crippen LogP contribution is 2.48. The predicted molar refractivity (Wildman–Crippen MR) is 70.3 cm³/mol. The van der Waals surface area contributed by atoms with Crippen molar-refractivity contribution in [2.24, 2.45) is 16.9 Å². The van der Waals surface area contributed by atoms with Gasteiger partial charge in [0.2, 0.25) is 0 Å². The molecule has 1 aliphatic heterocycles. The van der Waals surface area contributed by atoms with E-state index in [4.69, 9.17) is 11.5 Å². The van der Waals surface area contributed by atoms with Gasteiger partial charge in [0.1, 0.15) is 0 Å². The van der Waals surface area contributed by atoms with Crippen molar-refractivity contribution in [2.75, 3.05) is 13.1 Å². The lowest BCUT2D eigenvalue weighted by Crippen LogP contribution is -2.72. The van der Waals surface area contributed by atoms with Gasteiger partial charge in [0.15, 0.2) is 0 Å². The number of nitrogens with zero attached hydrogens (tertiary/aromatic N) is 1. The molecule has 0 saturated carbocycles. The first-order chi connectivity index (χ1) is 7.07. The standard InChI is InChI=1S/C13H29N3/c1-11(2)9-10(15)12(3,4)13(5,6)16(11)8-7-14/h10H,7-9,14-15H2,1-6H3. The van der Waals surface area contributed by atoms with E-state index in [1.807, 2.05) is 0 Å². The summed E-state index contributed by atoms with van der Waals surface area (Å²) >= 11 is 0. The van der Waals surface area contributed by atoms with Gasteiger partial charge in [-0.15, -0.1) is 0 Å². The van der Waals surface area contributed by atoms with Crippen LogP contribution in [0.15, 0.2) is 0 Å². The van der Waals surface area contributed by atoms with Crippen LogP contribution in [0.4, 0.5) is 0 Å². The second kappa shape index (κ2) is 3.97. The lowest BCUT2D eigenvalue weighted by Gasteiger charge is -2.63. The third kappa shape index (κ3) is 1.89. The molecule has 0 aromatic carbocycles. The van der Waals surface area contributed by atoms with Crippen LogP contribution in [0.25, 0.3) is 0 Å². The van der Waals surface area contributed by atoms with Crippen molar-refractivity contribution >= 4 is 0 Å². The predicted octanol–water partition coefficient (Wildman–Crippen LogP) is 1.56. The Balaban J connectivity index is 3.12. The van der Waals surface area contributed by atoms with Crippen molar-refractivity contribution < 1.29 is 0 Å². The Kier molecular flexibility index (Phi) is 3.46. The molecule has 0 aromatic heterocycles. The van der Waals surface area contributed by atoms with Gasteiger partial charge < -0.3 is 11.5 Å². The van der Waals surface area contributed by atoms with E-state index in [-0.39, 0.29) is 22.5 Å². The molecule has 0 amide bonds. The highest BCUT2D eigenvalue weighted by atomic mass is 15.3. The first-order valence-electron chi connectivity index (χ1n) is 6.31. The van der Waals surface area contributed by atoms with Gasteiger partial charge in [0.05, 0.1) is 0 Å². The maximum Gasteiger partial charge on any atom is 0.0224 e. The average molecular weight is 227 g/mol. The van der Waals surface area contributed by atoms with Crippen LogP contribution in [0, 0.1) is 5.41 Å². The van der Waals surface area contributed by atoms with E-state index >= 15 is 0 Å². The van der Waals surface area contributed by atoms with Gasteiger partial charge >= 0.3 is 0 Å². The molecule has 3 nitrogen and oxygen atoms in total. The molecule has 3 heteroatoms. The smallest absolute Gasteiger partial charge is 0.0224 e. The molecule has 1 unspecified atom stereocenters. The molecule has 0 radical (unpaired) electrons. The van der Waals surface area contributed by atoms with Crippen molar-refractivity contribution in [3.8, 4) is 0 Å². The monoisotopic (exact) mass is 227 g/mol. The maximum atomic E-state index is 6.36. The Hall–Kier alpha value is -0.120. The van der Waals surface area contributed by atoms with Gasteiger partial charge in [-0.25, -0.2) is 0 Å². The zero-order chi connectivity index (χ0) is 12.8. The van der Waals surface area contributed by atoms with Gasteiger partial charge in [-0.05, 0) is 39.5 Å². The van der Waals surface area contributed by atoms with E-state index < -0.39 is 0 Å². The molecule has 4 N–H and O–H groups in total. The number of rotatable bonds is 2. The fourth-order valence-corrected chi connectivity index (χ4v) is 3.17. The first-order valence-corrected chi connectivity index (χ1v) is 6.31. The number of hydrogen-bond donors (Lipinski definition) is 2.